The van der Waals surface area contributed by atoms with Gasteiger partial charge in [-0.15, -0.1) is 0 Å². The lowest BCUT2D eigenvalue weighted by Crippen LogP contribution is -2.40. The van der Waals surface area contributed by atoms with Crippen LogP contribution in [0.25, 0.3) is 0 Å². The molecule has 1 aliphatic carbocycles. The Balaban J connectivity index is 1.84. The van der Waals surface area contributed by atoms with E-state index in [1.807, 2.05) is 0 Å². The smallest absolute Gasteiger partial charge is 0.369 e. The number of alkyl halides is 3. The molecule has 0 heterocycles. The number of nitrogens with two attached hydrogens (primary N) is 1. The average Bonchev–Trinajstić information content (AvgIpc) is 2.53. The molecule has 8 heteroatoms. The van der Waals surface area contributed by atoms with E-state index in [9.17, 15) is 22.4 Å². The summed E-state index contributed by atoms with van der Waals surface area (Å²) in [5.41, 5.74) is 6.20. The van der Waals surface area contributed by atoms with Crippen LogP contribution in [0.15, 0.2) is 18.2 Å². The minimum absolute atomic E-state index is 0.0696. The Morgan fingerprint density at radius 3 is 2.48 bits per heavy atom. The third kappa shape index (κ3) is 5.97. The molecule has 25 heavy (non-hydrogen) atoms. The van der Waals surface area contributed by atoms with Gasteiger partial charge in [-0.1, -0.05) is 6.07 Å². The van der Waals surface area contributed by atoms with E-state index in [-0.39, 0.29) is 17.6 Å². The third-order valence-electron chi connectivity index (χ3n) is 4.26. The zero-order chi connectivity index (χ0) is 18.6. The first kappa shape index (κ1) is 19.7. The van der Waals surface area contributed by atoms with Gasteiger partial charge in [0.2, 0.25) is 0 Å². The van der Waals surface area contributed by atoms with E-state index in [1.165, 1.54) is 12.1 Å². The second kappa shape index (κ2) is 8.14. The predicted octanol–water partition coefficient (Wildman–Crippen LogP) is 3.47. The molecular formula is C17H22F4N2O2. The van der Waals surface area contributed by atoms with Gasteiger partial charge in [0.1, 0.15) is 12.4 Å². The topological polar surface area (TPSA) is 64.4 Å². The summed E-state index contributed by atoms with van der Waals surface area (Å²) in [6.45, 7) is 0.458. The third-order valence-corrected chi connectivity index (χ3v) is 4.26. The highest BCUT2D eigenvalue weighted by molar-refractivity contribution is 5.94. The van der Waals surface area contributed by atoms with Crippen molar-refractivity contribution in [1.82, 2.24) is 5.32 Å². The van der Waals surface area contributed by atoms with E-state index >= 15 is 0 Å². The molecule has 0 aromatic heterocycles. The summed E-state index contributed by atoms with van der Waals surface area (Å²) < 4.78 is 55.3. The van der Waals surface area contributed by atoms with E-state index in [4.69, 9.17) is 10.5 Å². The fourth-order valence-corrected chi connectivity index (χ4v) is 2.85. The Kier molecular flexibility index (Phi) is 6.40. The molecule has 0 unspecified atom stereocenters. The summed E-state index contributed by atoms with van der Waals surface area (Å²) >= 11 is 0. The van der Waals surface area contributed by atoms with Crippen LogP contribution in [0, 0.1) is 5.82 Å². The second-order valence-corrected chi connectivity index (χ2v) is 6.40. The molecule has 1 aliphatic rings. The van der Waals surface area contributed by atoms with E-state index in [1.54, 1.807) is 13.0 Å². The molecule has 1 saturated carbocycles. The fourth-order valence-electron chi connectivity index (χ4n) is 2.85. The SMILES string of the molecule is C[C@H](N)c1ccc(C(=O)NC2CCC(OCC(F)(F)F)CC2)c(F)c1. The number of hydrogen-bond donors (Lipinski definition) is 2. The molecule has 0 bridgehead atoms. The molecule has 1 atom stereocenters. The summed E-state index contributed by atoms with van der Waals surface area (Å²) in [4.78, 5) is 12.2. The van der Waals surface area contributed by atoms with Gasteiger partial charge in [0.25, 0.3) is 5.91 Å². The monoisotopic (exact) mass is 362 g/mol. The van der Waals surface area contributed by atoms with Crippen LogP contribution in [0.3, 0.4) is 0 Å². The van der Waals surface area contributed by atoms with Gasteiger partial charge in [-0.3, -0.25) is 4.79 Å². The van der Waals surface area contributed by atoms with Gasteiger partial charge in [0.05, 0.1) is 11.7 Å². The standard InChI is InChI=1S/C17H22F4N2O2/c1-10(22)11-2-7-14(15(18)8-11)16(24)23-12-3-5-13(6-4-12)25-9-17(19,20)21/h2,7-8,10,12-13H,3-6,9,22H2,1H3,(H,23,24)/t10-,12?,13?/m0/s1. The number of rotatable bonds is 5. The molecule has 0 saturated heterocycles. The molecular weight excluding hydrogens is 340 g/mol. The number of nitrogens with one attached hydrogen (secondary N) is 1. The molecule has 0 aliphatic heterocycles. The van der Waals surface area contributed by atoms with Gasteiger partial charge in [-0.25, -0.2) is 4.39 Å². The number of carbonyl (C=O) groups is 1. The number of benzene rings is 1. The molecule has 1 aromatic rings. The average molecular weight is 362 g/mol. The Labute approximate surface area is 143 Å². The number of amides is 1. The minimum Gasteiger partial charge on any atom is -0.369 e. The lowest BCUT2D eigenvalue weighted by Gasteiger charge is -2.29. The van der Waals surface area contributed by atoms with Gasteiger partial charge in [-0.2, -0.15) is 13.2 Å². The van der Waals surface area contributed by atoms with Crippen molar-refractivity contribution in [2.24, 2.45) is 5.73 Å². The number of ether oxygens (including phenoxy) is 1. The Morgan fingerprint density at radius 1 is 1.32 bits per heavy atom. The highest BCUT2D eigenvalue weighted by Gasteiger charge is 2.31. The summed E-state index contributed by atoms with van der Waals surface area (Å²) in [7, 11) is 0. The van der Waals surface area contributed by atoms with Crippen LogP contribution in [-0.2, 0) is 4.74 Å². The number of hydrogen-bond acceptors (Lipinski definition) is 3. The summed E-state index contributed by atoms with van der Waals surface area (Å²) in [5, 5.41) is 2.73. The number of carbonyl (C=O) groups excluding carboxylic acids is 1. The van der Waals surface area contributed by atoms with Crippen LogP contribution in [0.1, 0.15) is 54.6 Å². The first-order valence-corrected chi connectivity index (χ1v) is 8.20. The van der Waals surface area contributed by atoms with Gasteiger partial charge in [0.15, 0.2) is 0 Å². The molecule has 0 radical (unpaired) electrons. The molecule has 1 fully saturated rings. The van der Waals surface area contributed by atoms with Crippen molar-refractivity contribution in [3.8, 4) is 0 Å². The van der Waals surface area contributed by atoms with Crippen molar-refractivity contribution in [1.29, 1.82) is 0 Å². The molecule has 0 spiro atoms. The van der Waals surface area contributed by atoms with Gasteiger partial charge in [0, 0.05) is 12.1 Å². The lowest BCUT2D eigenvalue weighted by molar-refractivity contribution is -0.188. The molecule has 140 valence electrons. The zero-order valence-corrected chi connectivity index (χ0v) is 13.9. The first-order valence-electron chi connectivity index (χ1n) is 8.20. The van der Waals surface area contributed by atoms with E-state index < -0.39 is 30.6 Å². The highest BCUT2D eigenvalue weighted by atomic mass is 19.4. The van der Waals surface area contributed by atoms with Gasteiger partial charge < -0.3 is 15.8 Å². The molecule has 3 N–H and O–H groups in total. The lowest BCUT2D eigenvalue weighted by atomic mass is 9.92. The van der Waals surface area contributed by atoms with Gasteiger partial charge in [-0.05, 0) is 50.3 Å². The Bertz CT molecular complexity index is 597. The van der Waals surface area contributed by atoms with Crippen molar-refractivity contribution in [3.63, 3.8) is 0 Å². The summed E-state index contributed by atoms with van der Waals surface area (Å²) in [6, 6.07) is 3.69. The maximum Gasteiger partial charge on any atom is 0.411 e. The van der Waals surface area contributed by atoms with E-state index in [2.05, 4.69) is 5.32 Å². The zero-order valence-electron chi connectivity index (χ0n) is 13.9. The van der Waals surface area contributed by atoms with Crippen LogP contribution in [0.2, 0.25) is 0 Å². The van der Waals surface area contributed by atoms with E-state index in [0.29, 0.717) is 31.2 Å². The summed E-state index contributed by atoms with van der Waals surface area (Å²) in [6.07, 6.45) is -2.96. The second-order valence-electron chi connectivity index (χ2n) is 6.40. The van der Waals surface area contributed by atoms with Crippen LogP contribution in [0.5, 0.6) is 0 Å². The van der Waals surface area contributed by atoms with Crippen LogP contribution in [0.4, 0.5) is 17.6 Å². The fraction of sp³-hybridized carbons (Fsp3) is 0.588. The van der Waals surface area contributed by atoms with Gasteiger partial charge >= 0.3 is 6.18 Å². The maximum absolute atomic E-state index is 14.0. The van der Waals surface area contributed by atoms with Crippen molar-refractivity contribution in [2.75, 3.05) is 6.61 Å². The van der Waals surface area contributed by atoms with Crippen LogP contribution >= 0.6 is 0 Å². The van der Waals surface area contributed by atoms with Crippen molar-refractivity contribution in [2.45, 2.75) is 57.0 Å². The van der Waals surface area contributed by atoms with Crippen LogP contribution in [-0.4, -0.2) is 30.8 Å². The van der Waals surface area contributed by atoms with Crippen molar-refractivity contribution in [3.05, 3.63) is 35.1 Å². The quantitative estimate of drug-likeness (QED) is 0.789. The normalized spacial score (nSPS) is 22.5. The largest absolute Gasteiger partial charge is 0.411 e. The van der Waals surface area contributed by atoms with Crippen LogP contribution < -0.4 is 11.1 Å². The molecule has 1 amide bonds. The van der Waals surface area contributed by atoms with Crippen molar-refractivity contribution >= 4 is 5.91 Å². The highest BCUT2D eigenvalue weighted by Crippen LogP contribution is 2.24. The Morgan fingerprint density at radius 2 is 1.96 bits per heavy atom. The molecule has 4 nitrogen and oxygen atoms in total. The summed E-state index contributed by atoms with van der Waals surface area (Å²) in [5.74, 6) is -1.18. The number of halogens is 4. The predicted molar refractivity (Wildman–Crippen MR) is 84.5 cm³/mol. The maximum atomic E-state index is 14.0. The Hall–Kier alpha value is -1.67. The minimum atomic E-state index is -4.34. The molecule has 1 aromatic carbocycles. The van der Waals surface area contributed by atoms with Crippen molar-refractivity contribution < 1.29 is 27.1 Å². The molecule has 2 rings (SSSR count). The first-order chi connectivity index (χ1) is 11.7. The van der Waals surface area contributed by atoms with E-state index in [0.717, 1.165) is 0 Å².